The number of fused-ring (bicyclic) bond motifs is 1. The first kappa shape index (κ1) is 21.0. The molecule has 0 aliphatic heterocycles. The molecule has 0 aliphatic carbocycles. The van der Waals surface area contributed by atoms with E-state index < -0.39 is 10.0 Å². The van der Waals surface area contributed by atoms with E-state index in [2.05, 4.69) is 21.8 Å². The van der Waals surface area contributed by atoms with Gasteiger partial charge in [-0.15, -0.1) is 0 Å². The van der Waals surface area contributed by atoms with Gasteiger partial charge in [0.05, 0.1) is 22.5 Å². The number of anilines is 1. The molecule has 0 saturated carbocycles. The zero-order valence-electron chi connectivity index (χ0n) is 17.1. The second-order valence-electron chi connectivity index (χ2n) is 7.10. The van der Waals surface area contributed by atoms with Crippen LogP contribution in [-0.2, 0) is 23.1 Å². The number of ketones is 1. The average molecular weight is 415 g/mol. The molecule has 0 bridgehead atoms. The molecule has 3 rings (SSSR count). The lowest BCUT2D eigenvalue weighted by atomic mass is 10.1. The molecule has 0 unspecified atom stereocenters. The zero-order valence-corrected chi connectivity index (χ0v) is 18.0. The van der Waals surface area contributed by atoms with Crippen molar-refractivity contribution in [2.45, 2.75) is 38.3 Å². The fraction of sp³-hybridized carbons (Fsp3) is 0.333. The molecule has 0 aliphatic rings. The van der Waals surface area contributed by atoms with Crippen LogP contribution in [-0.4, -0.2) is 42.2 Å². The van der Waals surface area contributed by atoms with Crippen molar-refractivity contribution in [2.24, 2.45) is 0 Å². The van der Waals surface area contributed by atoms with Gasteiger partial charge in [-0.05, 0) is 55.8 Å². The Hall–Kier alpha value is -2.71. The molecular formula is C21H26N4O3S. The van der Waals surface area contributed by atoms with E-state index in [1.807, 2.05) is 18.2 Å². The summed E-state index contributed by atoms with van der Waals surface area (Å²) >= 11 is 0. The molecule has 0 fully saturated rings. The third kappa shape index (κ3) is 4.33. The van der Waals surface area contributed by atoms with E-state index in [0.717, 1.165) is 30.0 Å². The number of carbonyl (C=O) groups excluding carboxylic acids is 1. The van der Waals surface area contributed by atoms with Gasteiger partial charge in [-0.2, -0.15) is 0 Å². The highest BCUT2D eigenvalue weighted by molar-refractivity contribution is 7.89. The molecular weight excluding hydrogens is 388 g/mol. The number of aryl methyl sites for hydroxylation is 1. The highest BCUT2D eigenvalue weighted by atomic mass is 32.2. The van der Waals surface area contributed by atoms with Crippen LogP contribution in [0.5, 0.6) is 0 Å². The number of nitrogens with zero attached hydrogens (tertiary/aromatic N) is 3. The van der Waals surface area contributed by atoms with Gasteiger partial charge in [0.25, 0.3) is 0 Å². The van der Waals surface area contributed by atoms with Crippen molar-refractivity contribution in [1.82, 2.24) is 13.9 Å². The number of hydrogen-bond acceptors (Lipinski definition) is 5. The van der Waals surface area contributed by atoms with Crippen LogP contribution < -0.4 is 5.32 Å². The predicted octanol–water partition coefficient (Wildman–Crippen LogP) is 3.51. The number of sulfonamides is 1. The second-order valence-corrected chi connectivity index (χ2v) is 9.26. The summed E-state index contributed by atoms with van der Waals surface area (Å²) in [7, 11) is -0.478. The smallest absolute Gasteiger partial charge is 0.242 e. The third-order valence-electron chi connectivity index (χ3n) is 4.77. The minimum Gasteiger partial charge on any atom is -0.378 e. The first-order chi connectivity index (χ1) is 13.7. The summed E-state index contributed by atoms with van der Waals surface area (Å²) in [5.74, 6) is 0.863. The van der Waals surface area contributed by atoms with Crippen molar-refractivity contribution in [1.29, 1.82) is 0 Å². The van der Waals surface area contributed by atoms with Crippen LogP contribution in [0.15, 0.2) is 47.4 Å². The quantitative estimate of drug-likeness (QED) is 0.570. The Kier molecular flexibility index (Phi) is 6.04. The Morgan fingerprint density at radius 3 is 2.41 bits per heavy atom. The van der Waals surface area contributed by atoms with Gasteiger partial charge in [0.15, 0.2) is 5.78 Å². The Labute approximate surface area is 171 Å². The fourth-order valence-electron chi connectivity index (χ4n) is 3.14. The van der Waals surface area contributed by atoms with Crippen molar-refractivity contribution in [2.75, 3.05) is 19.4 Å². The van der Waals surface area contributed by atoms with E-state index in [-0.39, 0.29) is 10.7 Å². The summed E-state index contributed by atoms with van der Waals surface area (Å²) in [6, 6.07) is 12.4. The molecule has 2 aromatic carbocycles. The highest BCUT2D eigenvalue weighted by Crippen LogP contribution is 2.23. The summed E-state index contributed by atoms with van der Waals surface area (Å²) in [6.07, 6.45) is 0.934. The van der Waals surface area contributed by atoms with Crippen LogP contribution in [0.2, 0.25) is 0 Å². The third-order valence-corrected chi connectivity index (χ3v) is 6.58. The molecule has 1 heterocycles. The number of rotatable bonds is 8. The average Bonchev–Trinajstić information content (AvgIpc) is 3.03. The molecule has 3 aromatic rings. The number of nitrogens with one attached hydrogen (secondary N) is 1. The molecule has 1 N–H and O–H groups in total. The van der Waals surface area contributed by atoms with Crippen LogP contribution in [0.3, 0.4) is 0 Å². The lowest BCUT2D eigenvalue weighted by Crippen LogP contribution is -2.22. The molecule has 8 heteroatoms. The molecule has 0 radical (unpaired) electrons. The van der Waals surface area contributed by atoms with Gasteiger partial charge in [-0.25, -0.2) is 17.7 Å². The lowest BCUT2D eigenvalue weighted by molar-refractivity contribution is 0.101. The molecule has 154 valence electrons. The maximum absolute atomic E-state index is 12.4. The first-order valence-electron chi connectivity index (χ1n) is 9.50. The topological polar surface area (TPSA) is 84.3 Å². The van der Waals surface area contributed by atoms with Crippen molar-refractivity contribution in [3.8, 4) is 0 Å². The Bertz CT molecular complexity index is 1130. The van der Waals surface area contributed by atoms with Gasteiger partial charge in [0.1, 0.15) is 5.82 Å². The minimum atomic E-state index is -3.51. The van der Waals surface area contributed by atoms with Crippen molar-refractivity contribution < 1.29 is 13.2 Å². The minimum absolute atomic E-state index is 0.0322. The molecule has 0 amide bonds. The Morgan fingerprint density at radius 1 is 1.14 bits per heavy atom. The summed E-state index contributed by atoms with van der Waals surface area (Å²) in [6.45, 7) is 4.91. The second kappa shape index (κ2) is 8.34. The van der Waals surface area contributed by atoms with Crippen LogP contribution in [0.4, 0.5) is 5.69 Å². The van der Waals surface area contributed by atoms with Gasteiger partial charge < -0.3 is 9.88 Å². The summed E-state index contributed by atoms with van der Waals surface area (Å²) in [4.78, 5) is 16.3. The predicted molar refractivity (Wildman–Crippen MR) is 115 cm³/mol. The van der Waals surface area contributed by atoms with E-state index in [0.29, 0.717) is 17.6 Å². The molecule has 0 spiro atoms. The summed E-state index contributed by atoms with van der Waals surface area (Å²) < 4.78 is 28.2. The molecule has 0 saturated heterocycles. The fourth-order valence-corrected chi connectivity index (χ4v) is 4.06. The Morgan fingerprint density at radius 2 is 1.83 bits per heavy atom. The van der Waals surface area contributed by atoms with Crippen LogP contribution in [0.1, 0.15) is 36.5 Å². The van der Waals surface area contributed by atoms with E-state index in [1.165, 1.54) is 18.4 Å². The van der Waals surface area contributed by atoms with E-state index in [1.54, 1.807) is 31.2 Å². The monoisotopic (exact) mass is 414 g/mol. The van der Waals surface area contributed by atoms with Gasteiger partial charge >= 0.3 is 0 Å². The lowest BCUT2D eigenvalue weighted by Gasteiger charge is -2.12. The van der Waals surface area contributed by atoms with Crippen molar-refractivity contribution in [3.05, 3.63) is 53.9 Å². The number of aromatic nitrogens is 2. The maximum atomic E-state index is 12.4. The van der Waals surface area contributed by atoms with E-state index in [4.69, 9.17) is 0 Å². The molecule has 0 atom stereocenters. The zero-order chi connectivity index (χ0) is 21.2. The first-order valence-corrected chi connectivity index (χ1v) is 10.9. The van der Waals surface area contributed by atoms with Gasteiger partial charge in [-0.3, -0.25) is 4.79 Å². The largest absolute Gasteiger partial charge is 0.378 e. The van der Waals surface area contributed by atoms with Gasteiger partial charge in [0.2, 0.25) is 10.0 Å². The van der Waals surface area contributed by atoms with Gasteiger partial charge in [-0.1, -0.05) is 6.92 Å². The molecule has 29 heavy (non-hydrogen) atoms. The number of hydrogen-bond donors (Lipinski definition) is 1. The summed E-state index contributed by atoms with van der Waals surface area (Å²) in [5, 5.41) is 3.33. The highest BCUT2D eigenvalue weighted by Gasteiger charge is 2.19. The molecule has 1 aromatic heterocycles. The van der Waals surface area contributed by atoms with Crippen LogP contribution in [0.25, 0.3) is 11.0 Å². The standard InChI is InChI=1S/C21H26N4O3S/c1-5-12-25-20-11-10-18(29(27,28)24(3)4)13-19(20)23-21(25)14-22-17-8-6-16(7-9-17)15(2)26/h6-11,13,22H,5,12,14H2,1-4H3. The summed E-state index contributed by atoms with van der Waals surface area (Å²) in [5.41, 5.74) is 3.13. The maximum Gasteiger partial charge on any atom is 0.242 e. The van der Waals surface area contributed by atoms with E-state index >= 15 is 0 Å². The number of carbonyl (C=O) groups is 1. The normalized spacial score (nSPS) is 11.9. The Balaban J connectivity index is 1.92. The SMILES string of the molecule is CCCn1c(CNc2ccc(C(C)=O)cc2)nc2cc(S(=O)(=O)N(C)C)ccc21. The van der Waals surface area contributed by atoms with Gasteiger partial charge in [0, 0.05) is 31.9 Å². The van der Waals surface area contributed by atoms with Crippen molar-refractivity contribution in [3.63, 3.8) is 0 Å². The number of benzene rings is 2. The van der Waals surface area contributed by atoms with Crippen LogP contribution >= 0.6 is 0 Å². The number of imidazole rings is 1. The molecule has 7 nitrogen and oxygen atoms in total. The van der Waals surface area contributed by atoms with Crippen LogP contribution in [0, 0.1) is 0 Å². The van der Waals surface area contributed by atoms with Crippen molar-refractivity contribution >= 4 is 32.5 Å². The number of Topliss-reactive ketones (excluding diaryl/α,β-unsaturated/α-hetero) is 1. The van der Waals surface area contributed by atoms with E-state index in [9.17, 15) is 13.2 Å².